The number of aromatic nitrogens is 1. The molecule has 3 aromatic rings. The summed E-state index contributed by atoms with van der Waals surface area (Å²) in [6.07, 6.45) is 4.11. The van der Waals surface area contributed by atoms with Crippen LogP contribution in [0.2, 0.25) is 0 Å². The average molecular weight is 364 g/mol. The average Bonchev–Trinajstić information content (AvgIpc) is 3.10. The highest BCUT2D eigenvalue weighted by Gasteiger charge is 2.08. The van der Waals surface area contributed by atoms with Crippen LogP contribution < -0.4 is 16.5 Å². The van der Waals surface area contributed by atoms with Gasteiger partial charge < -0.3 is 16.0 Å². The number of carbonyl (C=O) groups excluding carboxylic acids is 2. The van der Waals surface area contributed by atoms with Crippen molar-refractivity contribution in [1.82, 2.24) is 10.5 Å². The molecule has 6 N–H and O–H groups in total. The number of aryl methyl sites for hydroxylation is 1. The first-order chi connectivity index (χ1) is 13.1. The molecule has 0 unspecified atom stereocenters. The SMILES string of the molecule is N/C(=C\c1c[nH]c2ccccc12)C(=O)Nc1ccc(CCC(=O)NO)cc1. The molecule has 0 aliphatic rings. The molecule has 0 fully saturated rings. The molecule has 2 aromatic carbocycles. The quantitative estimate of drug-likeness (QED) is 0.262. The highest BCUT2D eigenvalue weighted by atomic mass is 16.5. The maximum atomic E-state index is 12.3. The van der Waals surface area contributed by atoms with Crippen LogP contribution in [0.25, 0.3) is 17.0 Å². The van der Waals surface area contributed by atoms with E-state index in [1.54, 1.807) is 35.8 Å². The van der Waals surface area contributed by atoms with Crippen LogP contribution >= 0.6 is 0 Å². The standard InChI is InChI=1S/C20H20N4O3/c21-17(11-14-12-22-18-4-2-1-3-16(14)18)20(26)23-15-8-5-13(6-9-15)7-10-19(25)24-27/h1-6,8-9,11-12,22,27H,7,10,21H2,(H,23,26)(H,24,25)/b17-11-. The maximum absolute atomic E-state index is 12.3. The first-order valence-corrected chi connectivity index (χ1v) is 8.43. The van der Waals surface area contributed by atoms with Crippen LogP contribution in [0.4, 0.5) is 5.69 Å². The molecule has 27 heavy (non-hydrogen) atoms. The number of benzene rings is 2. The second-order valence-electron chi connectivity index (χ2n) is 6.08. The van der Waals surface area contributed by atoms with Crippen molar-refractivity contribution in [3.05, 3.63) is 71.6 Å². The number of amides is 2. The molecule has 0 aliphatic carbocycles. The van der Waals surface area contributed by atoms with Gasteiger partial charge in [0.15, 0.2) is 0 Å². The van der Waals surface area contributed by atoms with Gasteiger partial charge >= 0.3 is 0 Å². The predicted molar refractivity (Wildman–Crippen MR) is 104 cm³/mol. The number of H-pyrrole nitrogens is 1. The number of hydrogen-bond donors (Lipinski definition) is 5. The van der Waals surface area contributed by atoms with Crippen LogP contribution in [-0.4, -0.2) is 22.0 Å². The smallest absolute Gasteiger partial charge is 0.271 e. The van der Waals surface area contributed by atoms with Gasteiger partial charge in [-0.05, 0) is 36.3 Å². The van der Waals surface area contributed by atoms with Gasteiger partial charge in [0.25, 0.3) is 5.91 Å². The Morgan fingerprint density at radius 2 is 1.85 bits per heavy atom. The molecular weight excluding hydrogens is 344 g/mol. The first kappa shape index (κ1) is 18.2. The Kier molecular flexibility index (Phi) is 5.53. The number of aromatic amines is 1. The molecule has 0 saturated carbocycles. The van der Waals surface area contributed by atoms with E-state index in [0.29, 0.717) is 12.1 Å². The fourth-order valence-electron chi connectivity index (χ4n) is 2.72. The van der Waals surface area contributed by atoms with Gasteiger partial charge in [-0.3, -0.25) is 14.8 Å². The van der Waals surface area contributed by atoms with E-state index in [1.807, 2.05) is 30.5 Å². The molecule has 7 heteroatoms. The molecule has 0 atom stereocenters. The van der Waals surface area contributed by atoms with Crippen LogP contribution in [0.3, 0.4) is 0 Å². The Bertz CT molecular complexity index is 990. The van der Waals surface area contributed by atoms with Crippen molar-refractivity contribution < 1.29 is 14.8 Å². The Hall–Kier alpha value is -3.58. The number of nitrogens with one attached hydrogen (secondary N) is 3. The molecule has 0 bridgehead atoms. The number of carbonyl (C=O) groups is 2. The van der Waals surface area contributed by atoms with Crippen molar-refractivity contribution in [3.8, 4) is 0 Å². The van der Waals surface area contributed by atoms with Gasteiger partial charge in [-0.15, -0.1) is 0 Å². The zero-order valence-corrected chi connectivity index (χ0v) is 14.5. The van der Waals surface area contributed by atoms with Gasteiger partial charge in [0.05, 0.1) is 5.70 Å². The Labute approximate surface area is 155 Å². The molecule has 1 heterocycles. The molecule has 2 amide bonds. The molecule has 138 valence electrons. The van der Waals surface area contributed by atoms with E-state index >= 15 is 0 Å². The fourth-order valence-corrected chi connectivity index (χ4v) is 2.72. The van der Waals surface area contributed by atoms with Crippen molar-refractivity contribution in [3.63, 3.8) is 0 Å². The van der Waals surface area contributed by atoms with Crippen LogP contribution in [-0.2, 0) is 16.0 Å². The van der Waals surface area contributed by atoms with Crippen LogP contribution in [0.5, 0.6) is 0 Å². The highest BCUT2D eigenvalue weighted by molar-refractivity contribution is 6.07. The lowest BCUT2D eigenvalue weighted by atomic mass is 10.1. The zero-order valence-electron chi connectivity index (χ0n) is 14.5. The molecule has 3 rings (SSSR count). The lowest BCUT2D eigenvalue weighted by Crippen LogP contribution is -2.20. The third-order valence-electron chi connectivity index (χ3n) is 4.17. The lowest BCUT2D eigenvalue weighted by molar-refractivity contribution is -0.129. The van der Waals surface area contributed by atoms with Crippen LogP contribution in [0.15, 0.2) is 60.4 Å². The zero-order chi connectivity index (χ0) is 19.2. The van der Waals surface area contributed by atoms with E-state index in [4.69, 9.17) is 10.9 Å². The number of anilines is 1. The van der Waals surface area contributed by atoms with Gasteiger partial charge in [0.1, 0.15) is 0 Å². The van der Waals surface area contributed by atoms with Crippen molar-refractivity contribution in [2.75, 3.05) is 5.32 Å². The first-order valence-electron chi connectivity index (χ1n) is 8.43. The van der Waals surface area contributed by atoms with Crippen LogP contribution in [0, 0.1) is 0 Å². The molecule has 0 aliphatic heterocycles. The summed E-state index contributed by atoms with van der Waals surface area (Å²) in [6.45, 7) is 0. The van der Waals surface area contributed by atoms with Gasteiger partial charge in [-0.2, -0.15) is 0 Å². The summed E-state index contributed by atoms with van der Waals surface area (Å²) in [7, 11) is 0. The van der Waals surface area contributed by atoms with Crippen molar-refractivity contribution >= 4 is 34.5 Å². The summed E-state index contributed by atoms with van der Waals surface area (Å²) in [5, 5.41) is 12.2. The lowest BCUT2D eigenvalue weighted by Gasteiger charge is -2.07. The maximum Gasteiger partial charge on any atom is 0.271 e. The largest absolute Gasteiger partial charge is 0.394 e. The highest BCUT2D eigenvalue weighted by Crippen LogP contribution is 2.20. The number of nitrogens with two attached hydrogens (primary N) is 1. The molecular formula is C20H20N4O3. The summed E-state index contributed by atoms with van der Waals surface area (Å²) in [5.41, 5.74) is 11.0. The number of para-hydroxylation sites is 1. The van der Waals surface area contributed by atoms with E-state index < -0.39 is 11.8 Å². The second-order valence-corrected chi connectivity index (χ2v) is 6.08. The number of hydrogen-bond acceptors (Lipinski definition) is 4. The summed E-state index contributed by atoms with van der Waals surface area (Å²) >= 11 is 0. The molecule has 1 aromatic heterocycles. The van der Waals surface area contributed by atoms with Gasteiger partial charge in [0, 0.05) is 34.8 Å². The Balaban J connectivity index is 1.65. The van der Waals surface area contributed by atoms with E-state index in [0.717, 1.165) is 22.0 Å². The molecule has 0 radical (unpaired) electrons. The number of hydroxylamine groups is 1. The van der Waals surface area contributed by atoms with E-state index in [9.17, 15) is 9.59 Å². The summed E-state index contributed by atoms with van der Waals surface area (Å²) in [6, 6.07) is 14.9. The minimum absolute atomic E-state index is 0.100. The van der Waals surface area contributed by atoms with Gasteiger partial charge in [-0.1, -0.05) is 30.3 Å². The van der Waals surface area contributed by atoms with Crippen molar-refractivity contribution in [1.29, 1.82) is 0 Å². The Morgan fingerprint density at radius 3 is 2.59 bits per heavy atom. The third-order valence-corrected chi connectivity index (χ3v) is 4.17. The van der Waals surface area contributed by atoms with Crippen molar-refractivity contribution in [2.24, 2.45) is 5.73 Å². The topological polar surface area (TPSA) is 120 Å². The fraction of sp³-hybridized carbons (Fsp3) is 0.100. The van der Waals surface area contributed by atoms with Gasteiger partial charge in [-0.25, -0.2) is 5.48 Å². The number of rotatable bonds is 6. The second kappa shape index (κ2) is 8.20. The molecule has 0 spiro atoms. The summed E-state index contributed by atoms with van der Waals surface area (Å²) in [5.74, 6) is -0.838. The number of fused-ring (bicyclic) bond motifs is 1. The third kappa shape index (κ3) is 4.53. The predicted octanol–water partition coefficient (Wildman–Crippen LogP) is 2.54. The summed E-state index contributed by atoms with van der Waals surface area (Å²) < 4.78 is 0. The summed E-state index contributed by atoms with van der Waals surface area (Å²) in [4.78, 5) is 26.5. The van der Waals surface area contributed by atoms with Crippen LogP contribution in [0.1, 0.15) is 17.5 Å². The Morgan fingerprint density at radius 1 is 1.11 bits per heavy atom. The minimum atomic E-state index is -0.442. The monoisotopic (exact) mass is 364 g/mol. The van der Waals surface area contributed by atoms with E-state index in [-0.39, 0.29) is 12.1 Å². The van der Waals surface area contributed by atoms with Gasteiger partial charge in [0.2, 0.25) is 5.91 Å². The molecule has 0 saturated heterocycles. The van der Waals surface area contributed by atoms with E-state index in [1.165, 1.54) is 0 Å². The van der Waals surface area contributed by atoms with E-state index in [2.05, 4.69) is 10.3 Å². The normalized spacial score (nSPS) is 11.4. The minimum Gasteiger partial charge on any atom is -0.394 e. The molecule has 7 nitrogen and oxygen atoms in total. The van der Waals surface area contributed by atoms with Crippen molar-refractivity contribution in [2.45, 2.75) is 12.8 Å².